The highest BCUT2D eigenvalue weighted by atomic mass is 19.1. The Morgan fingerprint density at radius 2 is 1.67 bits per heavy atom. The molecule has 0 unspecified atom stereocenters. The van der Waals surface area contributed by atoms with Crippen LogP contribution in [0.4, 0.5) is 15.8 Å². The van der Waals surface area contributed by atoms with Crippen LogP contribution in [-0.4, -0.2) is 18.4 Å². The molecule has 1 heterocycles. The van der Waals surface area contributed by atoms with Gasteiger partial charge >= 0.3 is 0 Å². The number of aryl methyl sites for hydroxylation is 2. The number of carbonyl (C=O) groups excluding carboxylic acids is 2. The average molecular weight is 445 g/mol. The average Bonchev–Trinajstić information content (AvgIpc) is 3.04. The molecular weight excluding hydrogens is 419 g/mol. The maximum absolute atomic E-state index is 14.5. The molecule has 6 heteroatoms. The van der Waals surface area contributed by atoms with Gasteiger partial charge in [-0.15, -0.1) is 0 Å². The number of rotatable bonds is 7. The number of nitrogens with zero attached hydrogens (tertiary/aromatic N) is 1. The minimum absolute atomic E-state index is 0.0784. The van der Waals surface area contributed by atoms with E-state index in [-0.39, 0.29) is 17.0 Å². The summed E-state index contributed by atoms with van der Waals surface area (Å²) in [5.74, 6) is -1.16. The van der Waals surface area contributed by atoms with Crippen LogP contribution in [0, 0.1) is 19.7 Å². The highest BCUT2D eigenvalue weighted by Gasteiger charge is 2.41. The van der Waals surface area contributed by atoms with Crippen LogP contribution in [-0.2, 0) is 9.59 Å². The molecule has 3 aromatic carbocycles. The van der Waals surface area contributed by atoms with E-state index in [0.29, 0.717) is 23.6 Å². The van der Waals surface area contributed by atoms with E-state index in [0.717, 1.165) is 22.4 Å². The van der Waals surface area contributed by atoms with Gasteiger partial charge < -0.3 is 10.1 Å². The number of hydrogen-bond acceptors (Lipinski definition) is 4. The van der Waals surface area contributed by atoms with Gasteiger partial charge in [-0.2, -0.15) is 0 Å². The summed E-state index contributed by atoms with van der Waals surface area (Å²) in [5, 5.41) is 3.15. The number of nitrogens with one attached hydrogen (secondary N) is 1. The van der Waals surface area contributed by atoms with Crippen molar-refractivity contribution in [1.82, 2.24) is 0 Å². The maximum Gasteiger partial charge on any atom is 0.282 e. The van der Waals surface area contributed by atoms with Crippen molar-refractivity contribution in [2.75, 3.05) is 16.8 Å². The summed E-state index contributed by atoms with van der Waals surface area (Å²) in [6.07, 6.45) is 0.876. The summed E-state index contributed by atoms with van der Waals surface area (Å²) in [4.78, 5) is 27.8. The maximum atomic E-state index is 14.5. The minimum atomic E-state index is -0.644. The van der Waals surface area contributed by atoms with Gasteiger partial charge in [-0.05, 0) is 61.7 Å². The first-order valence-electron chi connectivity index (χ1n) is 10.9. The zero-order valence-corrected chi connectivity index (χ0v) is 18.8. The van der Waals surface area contributed by atoms with E-state index in [4.69, 9.17) is 4.74 Å². The quantitative estimate of drug-likeness (QED) is 0.480. The Bertz CT molecular complexity index is 1250. The lowest BCUT2D eigenvalue weighted by atomic mass is 10.0. The first-order chi connectivity index (χ1) is 15.9. The van der Waals surface area contributed by atoms with Gasteiger partial charge in [0, 0.05) is 5.69 Å². The lowest BCUT2D eigenvalue weighted by Crippen LogP contribution is -2.33. The molecule has 0 atom stereocenters. The van der Waals surface area contributed by atoms with Crippen molar-refractivity contribution >= 4 is 28.8 Å². The van der Waals surface area contributed by atoms with Gasteiger partial charge in [-0.3, -0.25) is 9.59 Å². The van der Waals surface area contributed by atoms with Crippen molar-refractivity contribution in [2.24, 2.45) is 0 Å². The molecule has 0 aromatic heterocycles. The van der Waals surface area contributed by atoms with Crippen LogP contribution in [0.2, 0.25) is 0 Å². The predicted molar refractivity (Wildman–Crippen MR) is 128 cm³/mol. The first-order valence-corrected chi connectivity index (χ1v) is 10.9. The van der Waals surface area contributed by atoms with Crippen molar-refractivity contribution in [2.45, 2.75) is 27.2 Å². The molecule has 1 N–H and O–H groups in total. The van der Waals surface area contributed by atoms with Crippen molar-refractivity contribution in [3.05, 3.63) is 94.9 Å². The molecule has 168 valence electrons. The van der Waals surface area contributed by atoms with E-state index in [2.05, 4.69) is 5.32 Å². The monoisotopic (exact) mass is 444 g/mol. The Morgan fingerprint density at radius 1 is 0.939 bits per heavy atom. The van der Waals surface area contributed by atoms with Gasteiger partial charge in [-0.25, -0.2) is 9.29 Å². The topological polar surface area (TPSA) is 58.6 Å². The lowest BCUT2D eigenvalue weighted by molar-refractivity contribution is -0.120. The molecule has 0 bridgehead atoms. The molecule has 0 spiro atoms. The zero-order valence-electron chi connectivity index (χ0n) is 18.8. The standard InChI is InChI=1S/C27H25FN2O3/c1-4-15-33-20-12-10-19(11-13-20)24-25(29-22-14-9-17(2)16-18(22)3)27(32)30(26(24)31)23-8-6-5-7-21(23)28/h5-14,16,29H,4,15H2,1-3H3. The highest BCUT2D eigenvalue weighted by Crippen LogP contribution is 2.35. The molecule has 33 heavy (non-hydrogen) atoms. The minimum Gasteiger partial charge on any atom is -0.494 e. The Hall–Kier alpha value is -3.93. The third-order valence-corrected chi connectivity index (χ3v) is 5.43. The van der Waals surface area contributed by atoms with Gasteiger partial charge in [0.1, 0.15) is 17.3 Å². The zero-order chi connectivity index (χ0) is 23.5. The van der Waals surface area contributed by atoms with Crippen molar-refractivity contribution in [3.8, 4) is 5.75 Å². The van der Waals surface area contributed by atoms with Crippen molar-refractivity contribution in [1.29, 1.82) is 0 Å². The summed E-state index contributed by atoms with van der Waals surface area (Å²) in [5.41, 5.74) is 3.47. The fraction of sp³-hybridized carbons (Fsp3) is 0.185. The second-order valence-electron chi connectivity index (χ2n) is 7.96. The summed E-state index contributed by atoms with van der Waals surface area (Å²) < 4.78 is 20.2. The third kappa shape index (κ3) is 4.37. The molecule has 5 nitrogen and oxygen atoms in total. The smallest absolute Gasteiger partial charge is 0.282 e. The van der Waals surface area contributed by atoms with E-state index in [9.17, 15) is 14.0 Å². The molecule has 0 aliphatic carbocycles. The van der Waals surface area contributed by atoms with Gasteiger partial charge in [-0.1, -0.05) is 48.9 Å². The number of hydrogen-bond donors (Lipinski definition) is 1. The third-order valence-electron chi connectivity index (χ3n) is 5.43. The van der Waals surface area contributed by atoms with Crippen molar-refractivity contribution in [3.63, 3.8) is 0 Å². The van der Waals surface area contributed by atoms with E-state index in [1.165, 1.54) is 18.2 Å². The summed E-state index contributed by atoms with van der Waals surface area (Å²) in [7, 11) is 0. The summed E-state index contributed by atoms with van der Waals surface area (Å²) in [6.45, 7) is 6.50. The number of benzene rings is 3. The molecule has 3 aromatic rings. The van der Waals surface area contributed by atoms with Crippen LogP contribution in [0.1, 0.15) is 30.0 Å². The number of para-hydroxylation sites is 1. The van der Waals surface area contributed by atoms with Crippen molar-refractivity contribution < 1.29 is 18.7 Å². The van der Waals surface area contributed by atoms with Gasteiger partial charge in [0.2, 0.25) is 0 Å². The van der Waals surface area contributed by atoms with E-state index >= 15 is 0 Å². The fourth-order valence-corrected chi connectivity index (χ4v) is 3.79. The predicted octanol–water partition coefficient (Wildman–Crippen LogP) is 5.63. The Labute approximate surface area is 192 Å². The Balaban J connectivity index is 1.80. The molecule has 2 amide bonds. The number of amides is 2. The summed E-state index contributed by atoms with van der Waals surface area (Å²) in [6, 6.07) is 18.5. The molecule has 0 saturated heterocycles. The number of carbonyl (C=O) groups is 2. The molecular formula is C27H25FN2O3. The van der Waals surface area contributed by atoms with Crippen LogP contribution in [0.5, 0.6) is 5.75 Å². The number of anilines is 2. The first kappa shape index (κ1) is 22.3. The molecule has 0 radical (unpaired) electrons. The van der Waals surface area contributed by atoms with Crippen LogP contribution in [0.3, 0.4) is 0 Å². The van der Waals surface area contributed by atoms with Crippen LogP contribution in [0.15, 0.2) is 72.4 Å². The van der Waals surface area contributed by atoms with E-state index in [1.807, 2.05) is 39.0 Å². The largest absolute Gasteiger partial charge is 0.494 e. The molecule has 0 saturated carbocycles. The second-order valence-corrected chi connectivity index (χ2v) is 7.96. The van der Waals surface area contributed by atoms with Gasteiger partial charge in [0.25, 0.3) is 11.8 Å². The number of halogens is 1. The molecule has 1 aliphatic rings. The van der Waals surface area contributed by atoms with Gasteiger partial charge in [0.15, 0.2) is 0 Å². The fourth-order valence-electron chi connectivity index (χ4n) is 3.79. The lowest BCUT2D eigenvalue weighted by Gasteiger charge is -2.16. The van der Waals surface area contributed by atoms with E-state index < -0.39 is 17.6 Å². The second kappa shape index (κ2) is 9.28. The van der Waals surface area contributed by atoms with Crippen LogP contribution < -0.4 is 15.0 Å². The van der Waals surface area contributed by atoms with Gasteiger partial charge in [0.05, 0.1) is 17.9 Å². The van der Waals surface area contributed by atoms with Crippen LogP contribution in [0.25, 0.3) is 5.57 Å². The number of imide groups is 1. The summed E-state index contributed by atoms with van der Waals surface area (Å²) >= 11 is 0. The van der Waals surface area contributed by atoms with E-state index in [1.54, 1.807) is 30.3 Å². The molecule has 4 rings (SSSR count). The highest BCUT2D eigenvalue weighted by molar-refractivity contribution is 6.46. The van der Waals surface area contributed by atoms with Crippen LogP contribution >= 0.6 is 0 Å². The Kier molecular flexibility index (Phi) is 6.27. The normalized spacial score (nSPS) is 13.6. The Morgan fingerprint density at radius 3 is 2.33 bits per heavy atom. The number of ether oxygens (including phenoxy) is 1. The molecule has 1 aliphatic heterocycles. The molecule has 0 fully saturated rings. The SMILES string of the molecule is CCCOc1ccc(C2=C(Nc3ccc(C)cc3C)C(=O)N(c3ccccc3F)C2=O)cc1.